The van der Waals surface area contributed by atoms with Crippen molar-refractivity contribution in [3.63, 3.8) is 0 Å². The van der Waals surface area contributed by atoms with E-state index >= 15 is 0 Å². The van der Waals surface area contributed by atoms with Crippen LogP contribution in [-0.4, -0.2) is 35.3 Å². The van der Waals surface area contributed by atoms with Crippen molar-refractivity contribution < 1.29 is 19.4 Å². The number of nitrogens with one attached hydrogen (secondary N) is 1. The number of hydrogen-bond donors (Lipinski definition) is 2. The Bertz CT molecular complexity index is 678. The van der Waals surface area contributed by atoms with Crippen LogP contribution in [-0.2, 0) is 0 Å². The minimum absolute atomic E-state index is 0.0643. The zero-order valence-electron chi connectivity index (χ0n) is 11.3. The monoisotopic (exact) mass is 309 g/mol. The summed E-state index contributed by atoms with van der Waals surface area (Å²) in [5, 5.41) is 12.3. The van der Waals surface area contributed by atoms with Gasteiger partial charge in [0, 0.05) is 11.8 Å². The van der Waals surface area contributed by atoms with Crippen LogP contribution in [0.25, 0.3) is 0 Å². The van der Waals surface area contributed by atoms with Gasteiger partial charge in [-0.3, -0.25) is 0 Å². The van der Waals surface area contributed by atoms with Gasteiger partial charge in [-0.25, -0.2) is 9.78 Å². The first-order chi connectivity index (χ1) is 10.0. The number of carbonyl (C=O) groups is 1. The van der Waals surface area contributed by atoms with Crippen LogP contribution in [0.2, 0.25) is 5.02 Å². The molecule has 0 bridgehead atoms. The third kappa shape index (κ3) is 3.32. The summed E-state index contributed by atoms with van der Waals surface area (Å²) in [7, 11) is 2.84. The highest BCUT2D eigenvalue weighted by Crippen LogP contribution is 2.28. The number of benzene rings is 1. The molecule has 0 amide bonds. The molecule has 0 aliphatic heterocycles. The van der Waals surface area contributed by atoms with Crippen molar-refractivity contribution in [2.24, 2.45) is 0 Å². The van der Waals surface area contributed by atoms with Gasteiger partial charge in [-0.1, -0.05) is 11.6 Å². The fourth-order valence-electron chi connectivity index (χ4n) is 1.62. The van der Waals surface area contributed by atoms with E-state index in [4.69, 9.17) is 26.2 Å². The molecule has 0 unspecified atom stereocenters. The molecule has 110 valence electrons. The van der Waals surface area contributed by atoms with E-state index in [2.05, 4.69) is 15.3 Å². The van der Waals surface area contributed by atoms with Gasteiger partial charge in [0.1, 0.15) is 16.3 Å². The third-order valence-corrected chi connectivity index (χ3v) is 2.88. The second kappa shape index (κ2) is 6.27. The second-order valence-electron chi connectivity index (χ2n) is 3.90. The van der Waals surface area contributed by atoms with Crippen LogP contribution in [0.15, 0.2) is 24.4 Å². The number of carboxylic acid groups (broad SMARTS) is 1. The molecule has 1 heterocycles. The Morgan fingerprint density at radius 2 is 2.10 bits per heavy atom. The highest BCUT2D eigenvalue weighted by Gasteiger charge is 2.12. The molecule has 0 atom stereocenters. The number of halogens is 1. The van der Waals surface area contributed by atoms with Crippen molar-refractivity contribution in [1.29, 1.82) is 0 Å². The van der Waals surface area contributed by atoms with Crippen molar-refractivity contribution in [3.05, 3.63) is 35.0 Å². The lowest BCUT2D eigenvalue weighted by atomic mass is 10.2. The number of nitrogens with zero attached hydrogens (tertiary/aromatic N) is 2. The van der Waals surface area contributed by atoms with E-state index in [1.165, 1.54) is 32.5 Å². The van der Waals surface area contributed by atoms with Gasteiger partial charge in [-0.15, -0.1) is 0 Å². The molecular weight excluding hydrogens is 298 g/mol. The standard InChI is InChI=1S/C13H12ClN3O4/c1-20-10-5-7(3-4-8(10)12(18)19)16-11-9(14)6-15-13(17-11)21-2/h3-6H,1-2H3,(H,18,19)(H,15,16,17). The summed E-state index contributed by atoms with van der Waals surface area (Å²) in [6.45, 7) is 0. The van der Waals surface area contributed by atoms with E-state index in [-0.39, 0.29) is 17.3 Å². The zero-order valence-corrected chi connectivity index (χ0v) is 12.0. The minimum atomic E-state index is -1.07. The van der Waals surface area contributed by atoms with Crippen LogP contribution in [0, 0.1) is 0 Å². The average Bonchev–Trinajstić information content (AvgIpc) is 2.49. The summed E-state index contributed by atoms with van der Waals surface area (Å²) >= 11 is 5.99. The van der Waals surface area contributed by atoms with E-state index in [0.717, 1.165) is 0 Å². The van der Waals surface area contributed by atoms with Crippen LogP contribution in [0.3, 0.4) is 0 Å². The summed E-state index contributed by atoms with van der Waals surface area (Å²) in [5.41, 5.74) is 0.633. The van der Waals surface area contributed by atoms with Crippen molar-refractivity contribution in [2.75, 3.05) is 19.5 Å². The highest BCUT2D eigenvalue weighted by molar-refractivity contribution is 6.32. The van der Waals surface area contributed by atoms with Gasteiger partial charge in [0.15, 0.2) is 5.82 Å². The fourth-order valence-corrected chi connectivity index (χ4v) is 1.76. The third-order valence-electron chi connectivity index (χ3n) is 2.60. The van der Waals surface area contributed by atoms with E-state index < -0.39 is 5.97 Å². The Labute approximate surface area is 125 Å². The van der Waals surface area contributed by atoms with Gasteiger partial charge in [0.25, 0.3) is 0 Å². The zero-order chi connectivity index (χ0) is 15.4. The number of aromatic nitrogens is 2. The predicted molar refractivity (Wildman–Crippen MR) is 76.8 cm³/mol. The van der Waals surface area contributed by atoms with Crippen LogP contribution in [0.4, 0.5) is 11.5 Å². The number of methoxy groups -OCH3 is 2. The Hall–Kier alpha value is -2.54. The molecule has 0 aliphatic carbocycles. The maximum Gasteiger partial charge on any atom is 0.339 e. The molecule has 0 saturated carbocycles. The fraction of sp³-hybridized carbons (Fsp3) is 0.154. The average molecular weight is 310 g/mol. The van der Waals surface area contributed by atoms with Gasteiger partial charge in [0.2, 0.25) is 0 Å². The van der Waals surface area contributed by atoms with Crippen molar-refractivity contribution in [3.8, 4) is 11.8 Å². The van der Waals surface area contributed by atoms with Crippen LogP contribution >= 0.6 is 11.6 Å². The largest absolute Gasteiger partial charge is 0.496 e. The molecular formula is C13H12ClN3O4. The predicted octanol–water partition coefficient (Wildman–Crippen LogP) is 2.59. The van der Waals surface area contributed by atoms with Crippen LogP contribution in [0.1, 0.15) is 10.4 Å². The molecule has 0 radical (unpaired) electrons. The van der Waals surface area contributed by atoms with Crippen LogP contribution < -0.4 is 14.8 Å². The lowest BCUT2D eigenvalue weighted by Gasteiger charge is -2.11. The second-order valence-corrected chi connectivity index (χ2v) is 4.31. The quantitative estimate of drug-likeness (QED) is 0.876. The van der Waals surface area contributed by atoms with Gasteiger partial charge in [-0.2, -0.15) is 4.98 Å². The molecule has 0 aliphatic rings. The molecule has 21 heavy (non-hydrogen) atoms. The number of ether oxygens (including phenoxy) is 2. The molecule has 0 saturated heterocycles. The Kier molecular flexibility index (Phi) is 4.44. The van der Waals surface area contributed by atoms with Crippen LogP contribution in [0.5, 0.6) is 11.8 Å². The number of carboxylic acids is 1. The van der Waals surface area contributed by atoms with Crippen molar-refractivity contribution in [2.45, 2.75) is 0 Å². The molecule has 2 rings (SSSR count). The number of rotatable bonds is 5. The lowest BCUT2D eigenvalue weighted by Crippen LogP contribution is -2.02. The normalized spacial score (nSPS) is 10.0. The summed E-state index contributed by atoms with van der Waals surface area (Å²) in [5.74, 6) is -0.501. The van der Waals surface area contributed by atoms with Crippen molar-refractivity contribution in [1.82, 2.24) is 9.97 Å². The number of aromatic carboxylic acids is 1. The molecule has 1 aromatic heterocycles. The molecule has 0 spiro atoms. The first-order valence-corrected chi connectivity index (χ1v) is 6.18. The van der Waals surface area contributed by atoms with Gasteiger partial charge < -0.3 is 19.9 Å². The summed E-state index contributed by atoms with van der Waals surface area (Å²) in [6.07, 6.45) is 1.40. The lowest BCUT2D eigenvalue weighted by molar-refractivity contribution is 0.0693. The summed E-state index contributed by atoms with van der Waals surface area (Å²) in [4.78, 5) is 19.0. The SMILES string of the molecule is COc1ncc(Cl)c(Nc2ccc(C(=O)O)c(OC)c2)n1. The van der Waals surface area contributed by atoms with Gasteiger partial charge in [-0.05, 0) is 12.1 Å². The van der Waals surface area contributed by atoms with Gasteiger partial charge in [0.05, 0.1) is 20.4 Å². The molecule has 2 aromatic rings. The topological polar surface area (TPSA) is 93.6 Å². The first-order valence-electron chi connectivity index (χ1n) is 5.80. The Morgan fingerprint density at radius 3 is 2.71 bits per heavy atom. The Balaban J connectivity index is 2.34. The molecule has 7 nitrogen and oxygen atoms in total. The van der Waals surface area contributed by atoms with E-state index in [1.54, 1.807) is 6.07 Å². The number of anilines is 2. The van der Waals surface area contributed by atoms with Gasteiger partial charge >= 0.3 is 12.0 Å². The minimum Gasteiger partial charge on any atom is -0.496 e. The molecule has 1 aromatic carbocycles. The van der Waals surface area contributed by atoms with E-state index in [1.807, 2.05) is 0 Å². The maximum atomic E-state index is 11.0. The summed E-state index contributed by atoms with van der Waals surface area (Å²) in [6, 6.07) is 4.71. The molecule has 2 N–H and O–H groups in total. The molecule has 8 heteroatoms. The first kappa shape index (κ1) is 14.9. The van der Waals surface area contributed by atoms with E-state index in [0.29, 0.717) is 16.5 Å². The maximum absolute atomic E-state index is 11.0. The van der Waals surface area contributed by atoms with Crippen molar-refractivity contribution >= 4 is 29.1 Å². The van der Waals surface area contributed by atoms with E-state index in [9.17, 15) is 4.79 Å². The molecule has 0 fully saturated rings. The smallest absolute Gasteiger partial charge is 0.339 e. The Morgan fingerprint density at radius 1 is 1.33 bits per heavy atom. The number of hydrogen-bond acceptors (Lipinski definition) is 6. The highest BCUT2D eigenvalue weighted by atomic mass is 35.5. The summed E-state index contributed by atoms with van der Waals surface area (Å²) < 4.78 is 9.97.